The zero-order chi connectivity index (χ0) is 19.2. The Labute approximate surface area is 149 Å². The molecule has 5 heteroatoms. The Balaban J connectivity index is 2.37. The molecule has 0 heterocycles. The van der Waals surface area contributed by atoms with Gasteiger partial charge in [-0.1, -0.05) is 18.6 Å². The van der Waals surface area contributed by atoms with Crippen molar-refractivity contribution < 1.29 is 24.5 Å². The predicted molar refractivity (Wildman–Crippen MR) is 94.8 cm³/mol. The Kier molecular flexibility index (Phi) is 5.05. The highest BCUT2D eigenvalue weighted by molar-refractivity contribution is 5.98. The van der Waals surface area contributed by atoms with Crippen LogP contribution in [0.4, 0.5) is 0 Å². The number of esters is 1. The minimum absolute atomic E-state index is 0.0814. The SMILES string of the molecule is CC(C)=CC(=O)OC1CCC2(C)CC(=O)C(C(C)(C)O)=CC2C1(C)O. The fraction of sp³-hybridized carbons (Fsp3) is 0.700. The third-order valence-electron chi connectivity index (χ3n) is 5.53. The van der Waals surface area contributed by atoms with Crippen molar-refractivity contribution in [3.8, 4) is 0 Å². The van der Waals surface area contributed by atoms with E-state index in [1.807, 2.05) is 20.8 Å². The summed E-state index contributed by atoms with van der Waals surface area (Å²) in [6.45, 7) is 10.4. The molecule has 140 valence electrons. The van der Waals surface area contributed by atoms with Gasteiger partial charge in [-0.15, -0.1) is 0 Å². The second-order valence-electron chi connectivity index (χ2n) is 8.78. The van der Waals surface area contributed by atoms with Crippen LogP contribution in [0.1, 0.15) is 60.8 Å². The number of hydrogen-bond donors (Lipinski definition) is 2. The van der Waals surface area contributed by atoms with Crippen molar-refractivity contribution in [1.29, 1.82) is 0 Å². The maximum Gasteiger partial charge on any atom is 0.331 e. The molecule has 1 fully saturated rings. The molecule has 4 atom stereocenters. The van der Waals surface area contributed by atoms with E-state index in [1.54, 1.807) is 26.8 Å². The van der Waals surface area contributed by atoms with Crippen LogP contribution >= 0.6 is 0 Å². The topological polar surface area (TPSA) is 83.8 Å². The van der Waals surface area contributed by atoms with Gasteiger partial charge in [-0.3, -0.25) is 4.79 Å². The fourth-order valence-corrected chi connectivity index (χ4v) is 4.24. The van der Waals surface area contributed by atoms with E-state index in [4.69, 9.17) is 4.74 Å². The lowest BCUT2D eigenvalue weighted by Gasteiger charge is -2.53. The van der Waals surface area contributed by atoms with Crippen LogP contribution < -0.4 is 0 Å². The van der Waals surface area contributed by atoms with Gasteiger partial charge in [0.15, 0.2) is 5.78 Å². The van der Waals surface area contributed by atoms with Gasteiger partial charge in [0.05, 0.1) is 5.60 Å². The first-order chi connectivity index (χ1) is 11.3. The molecule has 0 spiro atoms. The molecule has 0 aromatic rings. The number of hydrogen-bond acceptors (Lipinski definition) is 5. The van der Waals surface area contributed by atoms with Gasteiger partial charge >= 0.3 is 5.97 Å². The van der Waals surface area contributed by atoms with Crippen molar-refractivity contribution in [2.45, 2.75) is 78.1 Å². The highest BCUT2D eigenvalue weighted by atomic mass is 16.6. The molecule has 0 aliphatic heterocycles. The molecule has 0 saturated heterocycles. The maximum atomic E-state index is 12.5. The van der Waals surface area contributed by atoms with Crippen LogP contribution in [-0.4, -0.2) is 39.3 Å². The predicted octanol–water partition coefficient (Wildman–Crippen LogP) is 2.70. The van der Waals surface area contributed by atoms with Crippen LogP contribution in [0.15, 0.2) is 23.3 Å². The summed E-state index contributed by atoms with van der Waals surface area (Å²) in [7, 11) is 0. The average Bonchev–Trinajstić information content (AvgIpc) is 2.39. The quantitative estimate of drug-likeness (QED) is 0.604. The van der Waals surface area contributed by atoms with E-state index in [0.29, 0.717) is 18.4 Å². The van der Waals surface area contributed by atoms with E-state index >= 15 is 0 Å². The third kappa shape index (κ3) is 3.87. The molecule has 1 saturated carbocycles. The summed E-state index contributed by atoms with van der Waals surface area (Å²) in [5, 5.41) is 21.5. The molecule has 4 unspecified atom stereocenters. The summed E-state index contributed by atoms with van der Waals surface area (Å²) in [6.07, 6.45) is 3.90. The molecule has 2 N–H and O–H groups in total. The highest BCUT2D eigenvalue weighted by Gasteiger charge is 2.56. The van der Waals surface area contributed by atoms with Gasteiger partial charge < -0.3 is 14.9 Å². The number of carbonyl (C=O) groups excluding carboxylic acids is 2. The Morgan fingerprint density at radius 3 is 2.48 bits per heavy atom. The number of ether oxygens (including phenoxy) is 1. The van der Waals surface area contributed by atoms with Crippen molar-refractivity contribution in [2.24, 2.45) is 11.3 Å². The summed E-state index contributed by atoms with van der Waals surface area (Å²) < 4.78 is 5.52. The zero-order valence-electron chi connectivity index (χ0n) is 16.0. The zero-order valence-corrected chi connectivity index (χ0v) is 16.0. The number of aliphatic hydroxyl groups is 2. The van der Waals surface area contributed by atoms with Gasteiger partial charge in [0.1, 0.15) is 11.7 Å². The van der Waals surface area contributed by atoms with Crippen LogP contribution in [-0.2, 0) is 14.3 Å². The van der Waals surface area contributed by atoms with E-state index < -0.39 is 28.7 Å². The first-order valence-corrected chi connectivity index (χ1v) is 8.83. The van der Waals surface area contributed by atoms with Gasteiger partial charge in [0.25, 0.3) is 0 Å². The molecular weight excluding hydrogens is 320 g/mol. The number of carbonyl (C=O) groups is 2. The Bertz CT molecular complexity index is 631. The van der Waals surface area contributed by atoms with Crippen molar-refractivity contribution >= 4 is 11.8 Å². The Hall–Kier alpha value is -1.46. The molecular formula is C20H30O5. The number of allylic oxidation sites excluding steroid dienone is 1. The van der Waals surface area contributed by atoms with Crippen molar-refractivity contribution in [3.63, 3.8) is 0 Å². The van der Waals surface area contributed by atoms with Crippen molar-refractivity contribution in [2.75, 3.05) is 0 Å². The number of rotatable bonds is 3. The van der Waals surface area contributed by atoms with Crippen molar-refractivity contribution in [3.05, 3.63) is 23.3 Å². The normalized spacial score (nSPS) is 35.5. The van der Waals surface area contributed by atoms with Crippen LogP contribution in [0.5, 0.6) is 0 Å². The van der Waals surface area contributed by atoms with E-state index in [1.165, 1.54) is 6.08 Å². The molecule has 0 bridgehead atoms. The summed E-state index contributed by atoms with van der Waals surface area (Å²) in [4.78, 5) is 24.5. The van der Waals surface area contributed by atoms with Crippen LogP contribution in [0.25, 0.3) is 0 Å². The smallest absolute Gasteiger partial charge is 0.331 e. The molecule has 5 nitrogen and oxygen atoms in total. The van der Waals surface area contributed by atoms with E-state index in [0.717, 1.165) is 5.57 Å². The highest BCUT2D eigenvalue weighted by Crippen LogP contribution is 2.53. The Morgan fingerprint density at radius 2 is 1.96 bits per heavy atom. The second-order valence-corrected chi connectivity index (χ2v) is 8.78. The second kappa shape index (κ2) is 6.36. The van der Waals surface area contributed by atoms with E-state index in [-0.39, 0.29) is 18.1 Å². The summed E-state index contributed by atoms with van der Waals surface area (Å²) >= 11 is 0. The summed E-state index contributed by atoms with van der Waals surface area (Å²) in [5.74, 6) is -0.924. The van der Waals surface area contributed by atoms with Crippen LogP contribution in [0, 0.1) is 11.3 Å². The minimum atomic E-state index is -1.31. The molecule has 0 radical (unpaired) electrons. The van der Waals surface area contributed by atoms with Crippen molar-refractivity contribution in [1.82, 2.24) is 0 Å². The summed E-state index contributed by atoms with van der Waals surface area (Å²) in [5.41, 5.74) is -1.83. The number of ketones is 1. The maximum absolute atomic E-state index is 12.5. The fourth-order valence-electron chi connectivity index (χ4n) is 4.24. The minimum Gasteiger partial charge on any atom is -0.456 e. The van der Waals surface area contributed by atoms with Gasteiger partial charge in [-0.25, -0.2) is 4.79 Å². The molecule has 0 aromatic carbocycles. The molecule has 25 heavy (non-hydrogen) atoms. The first-order valence-electron chi connectivity index (χ1n) is 8.83. The van der Waals surface area contributed by atoms with Gasteiger partial charge in [0.2, 0.25) is 0 Å². The van der Waals surface area contributed by atoms with E-state index in [2.05, 4.69) is 0 Å². The lowest BCUT2D eigenvalue weighted by atomic mass is 9.54. The Morgan fingerprint density at radius 1 is 1.36 bits per heavy atom. The lowest BCUT2D eigenvalue weighted by Crippen LogP contribution is -2.59. The molecule has 2 aliphatic rings. The van der Waals surface area contributed by atoms with Gasteiger partial charge in [0, 0.05) is 24.0 Å². The molecule has 2 aliphatic carbocycles. The monoisotopic (exact) mass is 350 g/mol. The van der Waals surface area contributed by atoms with Crippen LogP contribution in [0.2, 0.25) is 0 Å². The first kappa shape index (κ1) is 19.9. The number of fused-ring (bicyclic) bond motifs is 1. The third-order valence-corrected chi connectivity index (χ3v) is 5.53. The molecule has 2 rings (SSSR count). The van der Waals surface area contributed by atoms with Gasteiger partial charge in [-0.2, -0.15) is 0 Å². The molecule has 0 aromatic heterocycles. The van der Waals surface area contributed by atoms with E-state index in [9.17, 15) is 19.8 Å². The molecule has 0 amide bonds. The number of Topliss-reactive ketones (excluding diaryl/α,β-unsaturated/α-hetero) is 1. The van der Waals surface area contributed by atoms with Gasteiger partial charge in [-0.05, 0) is 52.9 Å². The van der Waals surface area contributed by atoms with Crippen LogP contribution in [0.3, 0.4) is 0 Å². The summed E-state index contributed by atoms with van der Waals surface area (Å²) in [6, 6.07) is 0. The standard InChI is InChI=1S/C20H30O5/c1-12(2)9-17(22)25-16-7-8-19(5)11-14(21)13(18(3,4)23)10-15(19)20(16,6)24/h9-10,15-16,23-24H,7-8,11H2,1-6H3. The largest absolute Gasteiger partial charge is 0.456 e. The average molecular weight is 350 g/mol. The lowest BCUT2D eigenvalue weighted by molar-refractivity contribution is -0.187.